The SMILES string of the molecule is COc1ccc(S(C)(=O)=O)cc1N. The van der Waals surface area contributed by atoms with E-state index in [0.29, 0.717) is 11.4 Å². The van der Waals surface area contributed by atoms with Gasteiger partial charge in [-0.3, -0.25) is 0 Å². The number of nitrogens with two attached hydrogens (primary N) is 1. The minimum atomic E-state index is -3.19. The first-order valence-electron chi connectivity index (χ1n) is 3.58. The average molecular weight is 201 g/mol. The Morgan fingerprint density at radius 1 is 1.38 bits per heavy atom. The van der Waals surface area contributed by atoms with Crippen molar-refractivity contribution in [2.75, 3.05) is 19.1 Å². The molecule has 0 aliphatic heterocycles. The molecule has 2 N–H and O–H groups in total. The summed E-state index contributed by atoms with van der Waals surface area (Å²) in [6, 6.07) is 4.38. The topological polar surface area (TPSA) is 69.4 Å². The van der Waals surface area contributed by atoms with Gasteiger partial charge in [-0.2, -0.15) is 0 Å². The predicted molar refractivity (Wildman–Crippen MR) is 50.5 cm³/mol. The second-order valence-electron chi connectivity index (χ2n) is 2.68. The van der Waals surface area contributed by atoms with Crippen LogP contribution < -0.4 is 10.5 Å². The summed E-state index contributed by atoms with van der Waals surface area (Å²) < 4.78 is 27.1. The van der Waals surface area contributed by atoms with Gasteiger partial charge in [0.1, 0.15) is 5.75 Å². The van der Waals surface area contributed by atoms with Crippen LogP contribution >= 0.6 is 0 Å². The summed E-state index contributed by atoms with van der Waals surface area (Å²) in [5, 5.41) is 0. The number of nitrogen functional groups attached to an aromatic ring is 1. The molecule has 1 aromatic rings. The third kappa shape index (κ3) is 2.12. The smallest absolute Gasteiger partial charge is 0.175 e. The van der Waals surface area contributed by atoms with E-state index in [1.54, 1.807) is 0 Å². The maximum Gasteiger partial charge on any atom is 0.175 e. The molecule has 0 bridgehead atoms. The highest BCUT2D eigenvalue weighted by atomic mass is 32.2. The molecule has 4 nitrogen and oxygen atoms in total. The molecular weight excluding hydrogens is 190 g/mol. The first kappa shape index (κ1) is 9.85. The van der Waals surface area contributed by atoms with Crippen LogP contribution in [0.15, 0.2) is 23.1 Å². The third-order valence-corrected chi connectivity index (χ3v) is 2.74. The molecule has 0 aliphatic rings. The second kappa shape index (κ2) is 3.26. The molecule has 13 heavy (non-hydrogen) atoms. The summed E-state index contributed by atoms with van der Waals surface area (Å²) in [6.07, 6.45) is 1.13. The van der Waals surface area contributed by atoms with E-state index in [1.165, 1.54) is 25.3 Å². The van der Waals surface area contributed by atoms with Gasteiger partial charge in [-0.05, 0) is 18.2 Å². The molecule has 0 fully saturated rings. The van der Waals surface area contributed by atoms with Crippen molar-refractivity contribution in [1.82, 2.24) is 0 Å². The normalized spacial score (nSPS) is 11.2. The summed E-state index contributed by atoms with van der Waals surface area (Å²) in [5.74, 6) is 0.479. The van der Waals surface area contributed by atoms with Crippen LogP contribution in [0.5, 0.6) is 5.75 Å². The summed E-state index contributed by atoms with van der Waals surface area (Å²) >= 11 is 0. The summed E-state index contributed by atoms with van der Waals surface area (Å²) in [6.45, 7) is 0. The van der Waals surface area contributed by atoms with E-state index >= 15 is 0 Å². The van der Waals surface area contributed by atoms with Crippen LogP contribution in [0.2, 0.25) is 0 Å². The van der Waals surface area contributed by atoms with E-state index in [4.69, 9.17) is 10.5 Å². The van der Waals surface area contributed by atoms with Gasteiger partial charge in [0.15, 0.2) is 9.84 Å². The molecule has 0 aromatic heterocycles. The second-order valence-corrected chi connectivity index (χ2v) is 4.69. The van der Waals surface area contributed by atoms with E-state index in [1.807, 2.05) is 0 Å². The first-order chi connectivity index (χ1) is 5.95. The largest absolute Gasteiger partial charge is 0.495 e. The molecule has 0 saturated heterocycles. The summed E-state index contributed by atoms with van der Waals surface area (Å²) in [7, 11) is -1.71. The fraction of sp³-hybridized carbons (Fsp3) is 0.250. The Balaban J connectivity index is 3.26. The highest BCUT2D eigenvalue weighted by Gasteiger charge is 2.08. The minimum Gasteiger partial charge on any atom is -0.495 e. The molecule has 5 heteroatoms. The molecular formula is C8H11NO3S. The molecule has 1 rings (SSSR count). The summed E-state index contributed by atoms with van der Waals surface area (Å²) in [5.41, 5.74) is 5.86. The lowest BCUT2D eigenvalue weighted by atomic mass is 10.3. The number of anilines is 1. The zero-order chi connectivity index (χ0) is 10.1. The maximum atomic E-state index is 11.1. The average Bonchev–Trinajstić information content (AvgIpc) is 2.02. The van der Waals surface area contributed by atoms with Crippen LogP contribution in [0.3, 0.4) is 0 Å². The van der Waals surface area contributed by atoms with Crippen molar-refractivity contribution in [3.05, 3.63) is 18.2 Å². The van der Waals surface area contributed by atoms with E-state index < -0.39 is 9.84 Å². The van der Waals surface area contributed by atoms with Crippen molar-refractivity contribution >= 4 is 15.5 Å². The number of methoxy groups -OCH3 is 1. The minimum absolute atomic E-state index is 0.200. The van der Waals surface area contributed by atoms with Crippen molar-refractivity contribution in [3.8, 4) is 5.75 Å². The lowest BCUT2D eigenvalue weighted by Crippen LogP contribution is -1.99. The van der Waals surface area contributed by atoms with Crippen LogP contribution in [0.4, 0.5) is 5.69 Å². The van der Waals surface area contributed by atoms with Gasteiger partial charge in [-0.1, -0.05) is 0 Å². The summed E-state index contributed by atoms with van der Waals surface area (Å²) in [4.78, 5) is 0.200. The van der Waals surface area contributed by atoms with Gasteiger partial charge in [0.05, 0.1) is 17.7 Å². The van der Waals surface area contributed by atoms with Crippen molar-refractivity contribution in [1.29, 1.82) is 0 Å². The van der Waals surface area contributed by atoms with Crippen LogP contribution in [0, 0.1) is 0 Å². The van der Waals surface area contributed by atoms with E-state index in [0.717, 1.165) is 6.26 Å². The van der Waals surface area contributed by atoms with Crippen LogP contribution in [-0.2, 0) is 9.84 Å². The Kier molecular flexibility index (Phi) is 2.47. The fourth-order valence-electron chi connectivity index (χ4n) is 0.943. The van der Waals surface area contributed by atoms with Gasteiger partial charge in [0.25, 0.3) is 0 Å². The number of sulfone groups is 1. The van der Waals surface area contributed by atoms with Crippen molar-refractivity contribution in [2.24, 2.45) is 0 Å². The molecule has 0 heterocycles. The number of rotatable bonds is 2. The number of hydrogen-bond acceptors (Lipinski definition) is 4. The Bertz CT molecular complexity index is 411. The molecule has 1 aromatic carbocycles. The maximum absolute atomic E-state index is 11.1. The Morgan fingerprint density at radius 2 is 2.00 bits per heavy atom. The van der Waals surface area contributed by atoms with Crippen LogP contribution in [0.25, 0.3) is 0 Å². The molecule has 0 aliphatic carbocycles. The Labute approximate surface area is 77.2 Å². The lowest BCUT2D eigenvalue weighted by molar-refractivity contribution is 0.416. The molecule has 0 radical (unpaired) electrons. The van der Waals surface area contributed by atoms with Crippen LogP contribution in [-0.4, -0.2) is 21.8 Å². The zero-order valence-electron chi connectivity index (χ0n) is 7.44. The number of benzene rings is 1. The number of ether oxygens (including phenoxy) is 1. The fourth-order valence-corrected chi connectivity index (χ4v) is 1.60. The van der Waals surface area contributed by atoms with Crippen molar-refractivity contribution < 1.29 is 13.2 Å². The molecule has 0 amide bonds. The molecule has 72 valence electrons. The van der Waals surface area contributed by atoms with Gasteiger partial charge < -0.3 is 10.5 Å². The van der Waals surface area contributed by atoms with Gasteiger partial charge >= 0.3 is 0 Å². The monoisotopic (exact) mass is 201 g/mol. The predicted octanol–water partition coefficient (Wildman–Crippen LogP) is 0.681. The highest BCUT2D eigenvalue weighted by molar-refractivity contribution is 7.90. The van der Waals surface area contributed by atoms with Gasteiger partial charge in [0.2, 0.25) is 0 Å². The van der Waals surface area contributed by atoms with E-state index in [-0.39, 0.29) is 4.90 Å². The molecule has 0 spiro atoms. The number of hydrogen-bond donors (Lipinski definition) is 1. The Hall–Kier alpha value is -1.23. The van der Waals surface area contributed by atoms with Crippen molar-refractivity contribution in [3.63, 3.8) is 0 Å². The highest BCUT2D eigenvalue weighted by Crippen LogP contribution is 2.23. The molecule has 0 saturated carbocycles. The van der Waals surface area contributed by atoms with Crippen LogP contribution in [0.1, 0.15) is 0 Å². The van der Waals surface area contributed by atoms with E-state index in [9.17, 15) is 8.42 Å². The van der Waals surface area contributed by atoms with Crippen molar-refractivity contribution in [2.45, 2.75) is 4.90 Å². The standard InChI is InChI=1S/C8H11NO3S/c1-12-8-4-3-6(5-7(8)9)13(2,10)11/h3-5H,9H2,1-2H3. The third-order valence-electron chi connectivity index (χ3n) is 1.63. The first-order valence-corrected chi connectivity index (χ1v) is 5.48. The van der Waals surface area contributed by atoms with Gasteiger partial charge in [-0.15, -0.1) is 0 Å². The Morgan fingerprint density at radius 3 is 2.38 bits per heavy atom. The molecule has 0 unspecified atom stereocenters. The van der Waals surface area contributed by atoms with E-state index in [2.05, 4.69) is 0 Å². The molecule has 0 atom stereocenters. The lowest BCUT2D eigenvalue weighted by Gasteiger charge is -2.05. The zero-order valence-corrected chi connectivity index (χ0v) is 8.26. The quantitative estimate of drug-likeness (QED) is 0.714. The van der Waals surface area contributed by atoms with Gasteiger partial charge in [-0.25, -0.2) is 8.42 Å². The van der Waals surface area contributed by atoms with Gasteiger partial charge in [0, 0.05) is 6.26 Å².